The summed E-state index contributed by atoms with van der Waals surface area (Å²) in [5.74, 6) is 0.881. The Bertz CT molecular complexity index is 1850. The Balaban J connectivity index is 0.901. The zero-order valence-corrected chi connectivity index (χ0v) is 40.2. The Morgan fingerprint density at radius 2 is 0.809 bits per heavy atom. The molecule has 12 heteroatoms. The fourth-order valence-electron chi connectivity index (χ4n) is 7.64. The number of unbranched alkanes of at least 4 members (excludes halogenated alkanes) is 16. The normalized spacial score (nSPS) is 14.5. The van der Waals surface area contributed by atoms with E-state index in [4.69, 9.17) is 37.9 Å². The van der Waals surface area contributed by atoms with Gasteiger partial charge in [-0.3, -0.25) is 9.97 Å². The van der Waals surface area contributed by atoms with Crippen LogP contribution >= 0.6 is 0 Å². The Hall–Kier alpha value is -5.40. The summed E-state index contributed by atoms with van der Waals surface area (Å²) in [6.45, 7) is 10.7. The molecule has 0 N–H and O–H groups in total. The van der Waals surface area contributed by atoms with Gasteiger partial charge >= 0.3 is 11.9 Å². The Kier molecular flexibility index (Phi) is 26.1. The summed E-state index contributed by atoms with van der Waals surface area (Å²) in [7, 11) is 0. The summed E-state index contributed by atoms with van der Waals surface area (Å²) < 4.78 is 46.1. The molecule has 0 bridgehead atoms. The van der Waals surface area contributed by atoms with Gasteiger partial charge in [-0.2, -0.15) is 0 Å². The van der Waals surface area contributed by atoms with Gasteiger partial charge in [0.05, 0.1) is 76.6 Å². The molecule has 2 aromatic carbocycles. The molecule has 368 valence electrons. The summed E-state index contributed by atoms with van der Waals surface area (Å²) in [4.78, 5) is 31.4. The summed E-state index contributed by atoms with van der Waals surface area (Å²) in [6.07, 6.45) is 25.3. The highest BCUT2D eigenvalue weighted by Crippen LogP contribution is 2.24. The number of pyridine rings is 2. The molecule has 5 rings (SSSR count). The first-order valence-corrected chi connectivity index (χ1v) is 24.9. The van der Waals surface area contributed by atoms with Crippen LogP contribution < -0.4 is 9.47 Å². The summed E-state index contributed by atoms with van der Waals surface area (Å²) >= 11 is 0. The van der Waals surface area contributed by atoms with E-state index in [1.807, 2.05) is 72.8 Å². The van der Waals surface area contributed by atoms with Gasteiger partial charge in [-0.15, -0.1) is 0 Å². The quantitative estimate of drug-likeness (QED) is 0.0244. The van der Waals surface area contributed by atoms with E-state index in [0.717, 1.165) is 96.5 Å². The van der Waals surface area contributed by atoms with Crippen molar-refractivity contribution in [2.24, 2.45) is 0 Å². The van der Waals surface area contributed by atoms with Crippen LogP contribution in [-0.4, -0.2) is 74.1 Å². The van der Waals surface area contributed by atoms with Crippen LogP contribution in [0.5, 0.6) is 11.5 Å². The minimum atomic E-state index is -0.651. The largest absolute Gasteiger partial charge is 0.492 e. The van der Waals surface area contributed by atoms with Crippen molar-refractivity contribution in [3.05, 3.63) is 122 Å². The van der Waals surface area contributed by atoms with Crippen LogP contribution in [0.25, 0.3) is 22.5 Å². The highest BCUT2D eigenvalue weighted by molar-refractivity contribution is 5.81. The lowest BCUT2D eigenvalue weighted by Crippen LogP contribution is -2.41. The minimum absolute atomic E-state index is 0.340. The molecule has 3 heterocycles. The highest BCUT2D eigenvalue weighted by Gasteiger charge is 2.29. The van der Waals surface area contributed by atoms with Gasteiger partial charge in [0.25, 0.3) is 0 Å². The number of hydrogen-bond donors (Lipinski definition) is 0. The fourth-order valence-corrected chi connectivity index (χ4v) is 7.64. The molecule has 4 aromatic rings. The number of hydrogen-bond acceptors (Lipinski definition) is 12. The van der Waals surface area contributed by atoms with Crippen LogP contribution in [0.3, 0.4) is 0 Å². The standard InChI is InChI=1S/C56H74N2O10/c1-3-53(59)63-37-21-17-13-9-5-7-11-15-19-35-61-49-31-33-51(57-41-49)47-27-23-45(24-28-47)43-67-55-56(66-40-39-65-55)68-44-46-25-29-48(30-26-46)52-34-32-50(42-58-52)62-36-20-16-12-8-6-10-14-18-22-38-64-54(60)4-2/h3-4,23-34,41-42,55-56H,1-2,5-22,35-40,43-44H2. The van der Waals surface area contributed by atoms with Gasteiger partial charge in [-0.05, 0) is 61.1 Å². The fraction of sp³-hybridized carbons (Fsp3) is 0.500. The highest BCUT2D eigenvalue weighted by atomic mass is 16.8. The molecule has 0 saturated carbocycles. The third-order valence-electron chi connectivity index (χ3n) is 11.6. The molecule has 68 heavy (non-hydrogen) atoms. The number of nitrogens with zero attached hydrogens (tertiary/aromatic N) is 2. The zero-order valence-electron chi connectivity index (χ0n) is 40.2. The molecule has 0 radical (unpaired) electrons. The van der Waals surface area contributed by atoms with E-state index in [9.17, 15) is 9.59 Å². The summed E-state index contributed by atoms with van der Waals surface area (Å²) in [5, 5.41) is 0. The molecular formula is C56H74N2O10. The Morgan fingerprint density at radius 3 is 1.13 bits per heavy atom. The Labute approximate surface area is 404 Å². The molecule has 0 spiro atoms. The van der Waals surface area contributed by atoms with Crippen molar-refractivity contribution < 1.29 is 47.5 Å². The van der Waals surface area contributed by atoms with Crippen LogP contribution in [0.2, 0.25) is 0 Å². The number of carbonyl (C=O) groups excluding carboxylic acids is 2. The summed E-state index contributed by atoms with van der Waals surface area (Å²) in [5.41, 5.74) is 5.79. The first-order valence-electron chi connectivity index (χ1n) is 24.9. The van der Waals surface area contributed by atoms with Crippen molar-refractivity contribution in [2.75, 3.05) is 39.6 Å². The number of carbonyl (C=O) groups is 2. The van der Waals surface area contributed by atoms with Crippen molar-refractivity contribution >= 4 is 11.9 Å². The third-order valence-corrected chi connectivity index (χ3v) is 11.6. The summed E-state index contributed by atoms with van der Waals surface area (Å²) in [6, 6.07) is 24.3. The molecule has 1 saturated heterocycles. The van der Waals surface area contributed by atoms with Gasteiger partial charge < -0.3 is 37.9 Å². The molecule has 12 nitrogen and oxygen atoms in total. The van der Waals surface area contributed by atoms with Gasteiger partial charge in [0.15, 0.2) is 0 Å². The van der Waals surface area contributed by atoms with Crippen LogP contribution in [0.1, 0.15) is 127 Å². The second-order valence-electron chi connectivity index (χ2n) is 17.1. The van der Waals surface area contributed by atoms with Crippen molar-refractivity contribution in [1.29, 1.82) is 0 Å². The molecular weight excluding hydrogens is 861 g/mol. The molecule has 2 unspecified atom stereocenters. The van der Waals surface area contributed by atoms with Crippen LogP contribution in [0, 0.1) is 0 Å². The lowest BCUT2D eigenvalue weighted by Gasteiger charge is -2.31. The van der Waals surface area contributed by atoms with E-state index in [0.29, 0.717) is 52.9 Å². The smallest absolute Gasteiger partial charge is 0.330 e. The average Bonchev–Trinajstić information content (AvgIpc) is 3.38. The second kappa shape index (κ2) is 33.2. The monoisotopic (exact) mass is 935 g/mol. The number of benzene rings is 2. The van der Waals surface area contributed by atoms with E-state index in [2.05, 4.69) is 23.1 Å². The van der Waals surface area contributed by atoms with Crippen molar-refractivity contribution in [1.82, 2.24) is 9.97 Å². The van der Waals surface area contributed by atoms with Crippen molar-refractivity contribution in [2.45, 2.75) is 141 Å². The van der Waals surface area contributed by atoms with E-state index in [1.165, 1.54) is 76.4 Å². The molecule has 2 atom stereocenters. The Morgan fingerprint density at radius 1 is 0.471 bits per heavy atom. The SMILES string of the molecule is C=CC(=O)OCCCCCCCCCCCOc1ccc(-c2ccc(COC3OCCOC3OCc3ccc(-c4ccc(OCCCCCCCCCCCOC(=O)C=C)cn4)cc3)cc2)nc1. The number of esters is 2. The maximum absolute atomic E-state index is 11.1. The zero-order chi connectivity index (χ0) is 47.7. The first-order chi connectivity index (χ1) is 33.5. The van der Waals surface area contributed by atoms with Crippen LogP contribution in [0.15, 0.2) is 111 Å². The van der Waals surface area contributed by atoms with Gasteiger partial charge in [-0.25, -0.2) is 9.59 Å². The van der Waals surface area contributed by atoms with Gasteiger partial charge in [0.1, 0.15) is 11.5 Å². The van der Waals surface area contributed by atoms with E-state index >= 15 is 0 Å². The van der Waals surface area contributed by atoms with Crippen molar-refractivity contribution in [3.63, 3.8) is 0 Å². The molecule has 0 amide bonds. The second-order valence-corrected chi connectivity index (χ2v) is 17.1. The predicted octanol–water partition coefficient (Wildman–Crippen LogP) is 12.5. The number of rotatable bonds is 36. The van der Waals surface area contributed by atoms with E-state index < -0.39 is 12.6 Å². The van der Waals surface area contributed by atoms with E-state index in [-0.39, 0.29) is 11.9 Å². The third kappa shape index (κ3) is 21.7. The molecule has 0 aliphatic carbocycles. The predicted molar refractivity (Wildman–Crippen MR) is 265 cm³/mol. The van der Waals surface area contributed by atoms with Crippen LogP contribution in [0.4, 0.5) is 0 Å². The first kappa shape index (κ1) is 53.6. The van der Waals surface area contributed by atoms with Gasteiger partial charge in [-0.1, -0.05) is 152 Å². The topological polar surface area (TPSA) is 134 Å². The lowest BCUT2D eigenvalue weighted by atomic mass is 10.1. The molecule has 2 aromatic heterocycles. The van der Waals surface area contributed by atoms with Crippen molar-refractivity contribution in [3.8, 4) is 34.0 Å². The number of ether oxygens (including phenoxy) is 8. The maximum atomic E-state index is 11.1. The minimum Gasteiger partial charge on any atom is -0.492 e. The average molecular weight is 935 g/mol. The maximum Gasteiger partial charge on any atom is 0.330 e. The molecule has 1 fully saturated rings. The van der Waals surface area contributed by atoms with Crippen LogP contribution in [-0.2, 0) is 51.2 Å². The van der Waals surface area contributed by atoms with Gasteiger partial charge in [0.2, 0.25) is 12.6 Å². The number of aromatic nitrogens is 2. The van der Waals surface area contributed by atoms with E-state index in [1.54, 1.807) is 12.4 Å². The van der Waals surface area contributed by atoms with Gasteiger partial charge in [0, 0.05) is 23.3 Å². The molecule has 1 aliphatic heterocycles. The molecule has 1 aliphatic rings. The lowest BCUT2D eigenvalue weighted by molar-refractivity contribution is -0.326.